The highest BCUT2D eigenvalue weighted by molar-refractivity contribution is 14.1. The summed E-state index contributed by atoms with van der Waals surface area (Å²) >= 11 is 2.34. The number of fused-ring (bicyclic) bond motifs is 1. The van der Waals surface area contributed by atoms with E-state index in [1.807, 2.05) is 18.3 Å². The van der Waals surface area contributed by atoms with E-state index in [1.165, 1.54) is 6.08 Å². The maximum atomic E-state index is 11.6. The van der Waals surface area contributed by atoms with E-state index in [9.17, 15) is 4.79 Å². The van der Waals surface area contributed by atoms with Gasteiger partial charge in [0, 0.05) is 46.9 Å². The molecule has 3 heterocycles. The molecule has 0 radical (unpaired) electrons. The number of carbonyl (C=O) groups is 1. The summed E-state index contributed by atoms with van der Waals surface area (Å²) in [5, 5.41) is 14.6. The van der Waals surface area contributed by atoms with Crippen LogP contribution in [0.25, 0.3) is 5.65 Å². The predicted molar refractivity (Wildman–Crippen MR) is 174 cm³/mol. The number of aliphatic imine (C=N–C) groups is 1. The number of amides is 1. The van der Waals surface area contributed by atoms with Crippen LogP contribution in [0.2, 0.25) is 0 Å². The van der Waals surface area contributed by atoms with Crippen LogP contribution in [0.15, 0.2) is 42.0 Å². The number of hydrogen-bond donors (Lipinski definition) is 4. The van der Waals surface area contributed by atoms with Crippen LogP contribution < -0.4 is 21.7 Å². The van der Waals surface area contributed by atoms with Crippen molar-refractivity contribution in [3.63, 3.8) is 0 Å². The van der Waals surface area contributed by atoms with Gasteiger partial charge >= 0.3 is 0 Å². The maximum absolute atomic E-state index is 11.6. The Bertz CT molecular complexity index is 1440. The van der Waals surface area contributed by atoms with Gasteiger partial charge in [0.05, 0.1) is 11.9 Å². The predicted octanol–water partition coefficient (Wildman–Crippen LogP) is 4.91. The average Bonchev–Trinajstić information content (AvgIpc) is 3.43. The molecule has 5 N–H and O–H groups in total. The third kappa shape index (κ3) is 7.20. The number of benzene rings is 1. The molecule has 224 valence electrons. The molecule has 5 rings (SSSR count). The summed E-state index contributed by atoms with van der Waals surface area (Å²) in [4.78, 5) is 26.1. The van der Waals surface area contributed by atoms with Crippen LogP contribution in [0, 0.1) is 9.49 Å². The van der Waals surface area contributed by atoms with Crippen LogP contribution in [-0.4, -0.2) is 56.6 Å². The lowest BCUT2D eigenvalue weighted by Crippen LogP contribution is -2.39. The zero-order chi connectivity index (χ0) is 29.6. The molecule has 1 saturated carbocycles. The van der Waals surface area contributed by atoms with Crippen molar-refractivity contribution in [2.24, 2.45) is 16.6 Å². The molecule has 11 nitrogen and oxygen atoms in total. The van der Waals surface area contributed by atoms with Crippen molar-refractivity contribution in [1.82, 2.24) is 24.9 Å². The Morgan fingerprint density at radius 3 is 2.67 bits per heavy atom. The normalized spacial score (nSPS) is 20.0. The second-order valence-corrected chi connectivity index (χ2v) is 12.4. The van der Waals surface area contributed by atoms with E-state index in [0.29, 0.717) is 24.3 Å². The third-order valence-corrected chi connectivity index (χ3v) is 9.24. The van der Waals surface area contributed by atoms with E-state index >= 15 is 0 Å². The number of carbonyl (C=O) groups excluding carboxylic acids is 1. The molecule has 42 heavy (non-hydrogen) atoms. The van der Waals surface area contributed by atoms with Crippen molar-refractivity contribution in [3.8, 4) is 0 Å². The zero-order valence-electron chi connectivity index (χ0n) is 24.3. The van der Waals surface area contributed by atoms with Crippen LogP contribution in [0.4, 0.5) is 17.6 Å². The number of rotatable bonds is 10. The van der Waals surface area contributed by atoms with E-state index in [1.54, 1.807) is 4.52 Å². The molecular formula is C30H40IN9O2. The van der Waals surface area contributed by atoms with Gasteiger partial charge < -0.3 is 26.4 Å². The van der Waals surface area contributed by atoms with E-state index in [4.69, 9.17) is 25.4 Å². The summed E-state index contributed by atoms with van der Waals surface area (Å²) in [7, 11) is 0. The first-order chi connectivity index (χ1) is 20.3. The Labute approximate surface area is 260 Å². The smallest absolute Gasteiger partial charge is 0.243 e. The van der Waals surface area contributed by atoms with Crippen LogP contribution in [0.3, 0.4) is 0 Å². The third-order valence-electron chi connectivity index (χ3n) is 7.99. The van der Waals surface area contributed by atoms with Crippen molar-refractivity contribution in [3.05, 3.63) is 51.7 Å². The van der Waals surface area contributed by atoms with Crippen molar-refractivity contribution in [1.29, 1.82) is 0 Å². The molecule has 0 atom stereocenters. The summed E-state index contributed by atoms with van der Waals surface area (Å²) in [6, 6.07) is 6.53. The summed E-state index contributed by atoms with van der Waals surface area (Å²) in [5.41, 5.74) is 10.3. The molecule has 1 aliphatic carbocycles. The Kier molecular flexibility index (Phi) is 9.93. The summed E-state index contributed by atoms with van der Waals surface area (Å²) in [5.74, 6) is 2.23. The highest BCUT2D eigenvalue weighted by Crippen LogP contribution is 2.30. The average molecular weight is 686 g/mol. The lowest BCUT2D eigenvalue weighted by atomic mass is 9.85. The van der Waals surface area contributed by atoms with Gasteiger partial charge in [-0.15, -0.1) is 0 Å². The molecule has 12 heteroatoms. The van der Waals surface area contributed by atoms with E-state index in [2.05, 4.69) is 70.1 Å². The molecule has 1 amide bonds. The van der Waals surface area contributed by atoms with Gasteiger partial charge in [-0.05, 0) is 84.7 Å². The summed E-state index contributed by atoms with van der Waals surface area (Å²) < 4.78 is 8.33. The minimum Gasteiger partial charge on any atom is -0.387 e. The summed E-state index contributed by atoms with van der Waals surface area (Å²) in [6.07, 6.45) is 8.60. The SMILES string of the molecule is C=CC(=O)NC1CCC(C(N)=Nc2cccc(CNc3nc(NC4CCOCC4)nc4c(C(C)C)cnn34)c2I)CC1. The topological polar surface area (TPSA) is 144 Å². The van der Waals surface area contributed by atoms with E-state index in [-0.39, 0.29) is 29.8 Å². The molecular weight excluding hydrogens is 645 g/mol. The number of amidine groups is 1. The highest BCUT2D eigenvalue weighted by Gasteiger charge is 2.25. The number of halogens is 1. The molecule has 3 aromatic rings. The second kappa shape index (κ2) is 13.8. The lowest BCUT2D eigenvalue weighted by molar-refractivity contribution is -0.117. The van der Waals surface area contributed by atoms with Crippen LogP contribution in [0.5, 0.6) is 0 Å². The van der Waals surface area contributed by atoms with Gasteiger partial charge in [0.1, 0.15) is 5.84 Å². The molecule has 0 unspecified atom stereocenters. The standard InChI is InChI=1S/C30H40IN9O2/c1-4-25(41)35-21-10-8-19(9-11-21)27(32)37-24-7-5-6-20(26(24)31)16-33-30-39-29(36-22-12-14-42-15-13-22)38-28-23(18(2)3)17-34-40(28)30/h4-7,17-19,21-22H,1,8-16H2,2-3H3,(H2,32,37)(H,35,41)(H2,33,36,38,39). The van der Waals surface area contributed by atoms with Crippen LogP contribution in [-0.2, 0) is 16.1 Å². The zero-order valence-corrected chi connectivity index (χ0v) is 26.4. The van der Waals surface area contributed by atoms with Gasteiger partial charge in [0.15, 0.2) is 5.65 Å². The van der Waals surface area contributed by atoms with Crippen LogP contribution in [0.1, 0.15) is 69.4 Å². The molecule has 2 fully saturated rings. The van der Waals surface area contributed by atoms with Gasteiger partial charge in [0.2, 0.25) is 17.8 Å². The van der Waals surface area contributed by atoms with Gasteiger partial charge in [-0.25, -0.2) is 4.99 Å². The molecule has 1 saturated heterocycles. The number of hydrogen-bond acceptors (Lipinski definition) is 8. The number of nitrogens with zero attached hydrogens (tertiary/aromatic N) is 5. The Balaban J connectivity index is 1.31. The number of aromatic nitrogens is 4. The molecule has 2 aromatic heterocycles. The minimum atomic E-state index is -0.123. The molecule has 2 aliphatic rings. The first kappa shape index (κ1) is 30.2. The quantitative estimate of drug-likeness (QED) is 0.102. The first-order valence-electron chi connectivity index (χ1n) is 14.7. The Hall–Kier alpha value is -3.26. The summed E-state index contributed by atoms with van der Waals surface area (Å²) in [6.45, 7) is 9.84. The van der Waals surface area contributed by atoms with Crippen molar-refractivity contribution in [2.45, 2.75) is 76.9 Å². The van der Waals surface area contributed by atoms with E-state index < -0.39 is 0 Å². The number of anilines is 2. The van der Waals surface area contributed by atoms with Crippen molar-refractivity contribution >= 4 is 57.6 Å². The van der Waals surface area contributed by atoms with Gasteiger partial charge in [-0.1, -0.05) is 32.6 Å². The maximum Gasteiger partial charge on any atom is 0.243 e. The fourth-order valence-corrected chi connectivity index (χ4v) is 6.16. The lowest BCUT2D eigenvalue weighted by Gasteiger charge is -2.28. The van der Waals surface area contributed by atoms with Crippen molar-refractivity contribution < 1.29 is 9.53 Å². The monoisotopic (exact) mass is 685 g/mol. The Morgan fingerprint density at radius 1 is 1.19 bits per heavy atom. The molecule has 0 spiro atoms. The molecule has 1 aromatic carbocycles. The first-order valence-corrected chi connectivity index (χ1v) is 15.8. The largest absolute Gasteiger partial charge is 0.387 e. The van der Waals surface area contributed by atoms with Crippen LogP contribution >= 0.6 is 22.6 Å². The second-order valence-electron chi connectivity index (χ2n) is 11.3. The number of ether oxygens (including phenoxy) is 1. The van der Waals surface area contributed by atoms with Gasteiger partial charge in [-0.3, -0.25) is 4.79 Å². The minimum absolute atomic E-state index is 0.123. The Morgan fingerprint density at radius 2 is 1.95 bits per heavy atom. The molecule has 0 bridgehead atoms. The fourth-order valence-electron chi connectivity index (χ4n) is 5.49. The number of nitrogens with one attached hydrogen (secondary N) is 3. The number of nitrogens with two attached hydrogens (primary N) is 1. The van der Waals surface area contributed by atoms with Gasteiger partial charge in [0.25, 0.3) is 0 Å². The van der Waals surface area contributed by atoms with Crippen molar-refractivity contribution in [2.75, 3.05) is 23.8 Å². The van der Waals surface area contributed by atoms with E-state index in [0.717, 1.165) is 77.8 Å². The van der Waals surface area contributed by atoms with Gasteiger partial charge in [-0.2, -0.15) is 19.6 Å². The highest BCUT2D eigenvalue weighted by atomic mass is 127. The molecule has 1 aliphatic heterocycles. The fraction of sp³-hybridized carbons (Fsp3) is 0.500.